The number of nitrogens with zero attached hydrogens (tertiary/aromatic N) is 4. The monoisotopic (exact) mass is 574 g/mol. The van der Waals surface area contributed by atoms with Gasteiger partial charge in [-0.25, -0.2) is 13.1 Å². The molecule has 2 aromatic heterocycles. The Kier molecular flexibility index (Phi) is 7.21. The average Bonchev–Trinajstić information content (AvgIpc) is 3.43. The minimum atomic E-state index is -3.84. The number of benzene rings is 2. The lowest BCUT2D eigenvalue weighted by Gasteiger charge is -2.21. The predicted octanol–water partition coefficient (Wildman–Crippen LogP) is 5.05. The van der Waals surface area contributed by atoms with Gasteiger partial charge in [0.25, 0.3) is 0 Å². The van der Waals surface area contributed by atoms with Crippen LogP contribution in [0.15, 0.2) is 47.4 Å². The fourth-order valence-corrected chi connectivity index (χ4v) is 7.93. The van der Waals surface area contributed by atoms with E-state index in [0.717, 1.165) is 27.0 Å². The molecule has 2 atom stereocenters. The Hall–Kier alpha value is -2.99. The summed E-state index contributed by atoms with van der Waals surface area (Å²) in [6.07, 6.45) is -0.513. The van der Waals surface area contributed by atoms with Gasteiger partial charge in [-0.3, -0.25) is 4.79 Å². The molecule has 1 aliphatic rings. The van der Waals surface area contributed by atoms with Gasteiger partial charge >= 0.3 is 5.97 Å². The van der Waals surface area contributed by atoms with Crippen LogP contribution in [0.3, 0.4) is 0 Å². The van der Waals surface area contributed by atoms with Crippen LogP contribution in [0.5, 0.6) is 5.75 Å². The summed E-state index contributed by atoms with van der Waals surface area (Å²) in [7, 11) is -3.84. The molecule has 0 radical (unpaired) electrons. The zero-order valence-corrected chi connectivity index (χ0v) is 23.5. The molecule has 200 valence electrons. The lowest BCUT2D eigenvalue weighted by atomic mass is 9.89. The van der Waals surface area contributed by atoms with E-state index in [1.807, 2.05) is 39.0 Å². The highest BCUT2D eigenvalue weighted by molar-refractivity contribution is 7.89. The molecule has 0 aliphatic carbocycles. The third-order valence-electron chi connectivity index (χ3n) is 6.76. The summed E-state index contributed by atoms with van der Waals surface area (Å²) in [5.41, 5.74) is 3.91. The molecule has 0 saturated heterocycles. The maximum atomic E-state index is 13.5. The van der Waals surface area contributed by atoms with Gasteiger partial charge < -0.3 is 9.84 Å². The number of ether oxygens (including phenoxy) is 1. The highest BCUT2D eigenvalue weighted by Crippen LogP contribution is 2.41. The summed E-state index contributed by atoms with van der Waals surface area (Å²) in [4.78, 5) is 12.8. The van der Waals surface area contributed by atoms with Crippen LogP contribution in [-0.4, -0.2) is 51.4 Å². The Labute approximate surface area is 229 Å². The Balaban J connectivity index is 1.52. The zero-order chi connectivity index (χ0) is 27.2. The number of aliphatic carboxylic acids is 1. The first-order valence-corrected chi connectivity index (χ1v) is 14.8. The number of fused-ring (bicyclic) bond motifs is 2. The second-order valence-corrected chi connectivity index (χ2v) is 12.9. The Morgan fingerprint density at radius 2 is 2.05 bits per heavy atom. The molecule has 4 aromatic rings. The standard InChI is InChI=1S/C26H27ClN4O5S2/c1-4-31-20-10-9-18(16(3)25(20)28-29-31)19(12-24(32)33)22-11-17(26(27)37-22)14-30-13-15(2)36-21-7-5-6-8-23(21)38(30,34)35/h5-11,15,19H,4,12-14H2,1-3H3,(H,32,33)/t15-,19-/m1/s1. The maximum absolute atomic E-state index is 13.5. The van der Waals surface area contributed by atoms with Crippen molar-refractivity contribution in [3.63, 3.8) is 0 Å². The maximum Gasteiger partial charge on any atom is 0.304 e. The van der Waals surface area contributed by atoms with Crippen molar-refractivity contribution >= 4 is 50.0 Å². The molecule has 2 aromatic carbocycles. The average molecular weight is 575 g/mol. The van der Waals surface area contributed by atoms with Gasteiger partial charge in [-0.2, -0.15) is 4.31 Å². The number of para-hydroxylation sites is 1. The zero-order valence-electron chi connectivity index (χ0n) is 21.1. The number of sulfonamides is 1. The number of halogens is 1. The van der Waals surface area contributed by atoms with Crippen LogP contribution in [0.4, 0.5) is 0 Å². The van der Waals surface area contributed by atoms with Crippen molar-refractivity contribution in [3.05, 3.63) is 68.4 Å². The second-order valence-electron chi connectivity index (χ2n) is 9.32. The van der Waals surface area contributed by atoms with Crippen LogP contribution >= 0.6 is 22.9 Å². The number of aryl methyl sites for hydroxylation is 2. The Morgan fingerprint density at radius 3 is 2.79 bits per heavy atom. The molecule has 5 rings (SSSR count). The first-order valence-electron chi connectivity index (χ1n) is 12.2. The molecule has 1 N–H and O–H groups in total. The number of hydrogen-bond acceptors (Lipinski definition) is 7. The number of aromatic nitrogens is 3. The molecule has 0 spiro atoms. The van der Waals surface area contributed by atoms with E-state index in [9.17, 15) is 18.3 Å². The van der Waals surface area contributed by atoms with E-state index in [4.69, 9.17) is 16.3 Å². The molecule has 0 bridgehead atoms. The fourth-order valence-electron chi connectivity index (χ4n) is 4.92. The lowest BCUT2D eigenvalue weighted by molar-refractivity contribution is -0.137. The van der Waals surface area contributed by atoms with Crippen molar-refractivity contribution in [2.75, 3.05) is 6.54 Å². The molecule has 3 heterocycles. The van der Waals surface area contributed by atoms with Crippen molar-refractivity contribution in [2.24, 2.45) is 0 Å². The van der Waals surface area contributed by atoms with Gasteiger partial charge in [-0.15, -0.1) is 16.4 Å². The van der Waals surface area contributed by atoms with Gasteiger partial charge in [0, 0.05) is 23.9 Å². The highest BCUT2D eigenvalue weighted by atomic mass is 35.5. The van der Waals surface area contributed by atoms with E-state index < -0.39 is 21.9 Å². The lowest BCUT2D eigenvalue weighted by Crippen LogP contribution is -2.35. The fraction of sp³-hybridized carbons (Fsp3) is 0.346. The van der Waals surface area contributed by atoms with Crippen molar-refractivity contribution in [2.45, 2.75) is 57.2 Å². The summed E-state index contributed by atoms with van der Waals surface area (Å²) in [6.45, 7) is 6.59. The number of thiophene rings is 1. The number of hydrogen-bond donors (Lipinski definition) is 1. The Bertz CT molecular complexity index is 1630. The number of rotatable bonds is 7. The van der Waals surface area contributed by atoms with E-state index in [-0.39, 0.29) is 30.5 Å². The first kappa shape index (κ1) is 26.6. The smallest absolute Gasteiger partial charge is 0.304 e. The third kappa shape index (κ3) is 4.79. The third-order valence-corrected chi connectivity index (χ3v) is 10.2. The predicted molar refractivity (Wildman–Crippen MR) is 145 cm³/mol. The molecule has 12 heteroatoms. The quantitative estimate of drug-likeness (QED) is 0.328. The second kappa shape index (κ2) is 10.3. The van der Waals surface area contributed by atoms with Crippen LogP contribution < -0.4 is 4.74 Å². The van der Waals surface area contributed by atoms with Gasteiger partial charge in [0.05, 0.1) is 22.8 Å². The topological polar surface area (TPSA) is 115 Å². The van der Waals surface area contributed by atoms with E-state index in [0.29, 0.717) is 22.2 Å². The van der Waals surface area contributed by atoms with E-state index >= 15 is 0 Å². The van der Waals surface area contributed by atoms with Crippen LogP contribution in [0.1, 0.15) is 47.8 Å². The first-order chi connectivity index (χ1) is 18.1. The minimum Gasteiger partial charge on any atom is -0.488 e. The highest BCUT2D eigenvalue weighted by Gasteiger charge is 2.34. The summed E-state index contributed by atoms with van der Waals surface area (Å²) in [6, 6.07) is 12.2. The van der Waals surface area contributed by atoms with E-state index in [1.54, 1.807) is 22.9 Å². The van der Waals surface area contributed by atoms with Crippen molar-refractivity contribution in [1.82, 2.24) is 19.3 Å². The van der Waals surface area contributed by atoms with E-state index in [2.05, 4.69) is 10.3 Å². The molecular weight excluding hydrogens is 548 g/mol. The van der Waals surface area contributed by atoms with Gasteiger partial charge in [0.15, 0.2) is 0 Å². The van der Waals surface area contributed by atoms with Crippen molar-refractivity contribution in [3.8, 4) is 5.75 Å². The summed E-state index contributed by atoms with van der Waals surface area (Å²) in [5.74, 6) is -1.11. The number of carboxylic acids is 1. The molecular formula is C26H27ClN4O5S2. The van der Waals surface area contributed by atoms with Crippen molar-refractivity contribution in [1.29, 1.82) is 0 Å². The number of carbonyl (C=O) groups is 1. The van der Waals surface area contributed by atoms with Gasteiger partial charge in [-0.1, -0.05) is 35.0 Å². The summed E-state index contributed by atoms with van der Waals surface area (Å²) >= 11 is 7.92. The molecule has 0 amide bonds. The SMILES string of the molecule is CCn1nnc2c(C)c([C@@H](CC(=O)O)c3cc(CN4C[C@@H](C)Oc5ccccc5S4(=O)=O)c(Cl)s3)ccc21. The van der Waals surface area contributed by atoms with Crippen LogP contribution in [-0.2, 0) is 27.9 Å². The molecule has 0 saturated carbocycles. The molecule has 9 nitrogen and oxygen atoms in total. The van der Waals surface area contributed by atoms with Gasteiger partial charge in [-0.05, 0) is 61.7 Å². The van der Waals surface area contributed by atoms with Crippen LogP contribution in [0.25, 0.3) is 11.0 Å². The molecule has 1 aliphatic heterocycles. The Morgan fingerprint density at radius 1 is 1.29 bits per heavy atom. The van der Waals surface area contributed by atoms with Crippen LogP contribution in [0.2, 0.25) is 4.34 Å². The summed E-state index contributed by atoms with van der Waals surface area (Å²) < 4.78 is 36.5. The van der Waals surface area contributed by atoms with Gasteiger partial charge in [0.2, 0.25) is 10.0 Å². The minimum absolute atomic E-state index is 0.0440. The normalized spacial score (nSPS) is 18.1. The molecule has 38 heavy (non-hydrogen) atoms. The van der Waals surface area contributed by atoms with Gasteiger partial charge in [0.1, 0.15) is 22.3 Å². The van der Waals surface area contributed by atoms with E-state index in [1.165, 1.54) is 21.7 Å². The largest absolute Gasteiger partial charge is 0.488 e. The van der Waals surface area contributed by atoms with Crippen LogP contribution in [0, 0.1) is 6.92 Å². The molecule has 0 fully saturated rings. The molecule has 0 unspecified atom stereocenters. The number of carboxylic acid groups (broad SMARTS) is 1. The van der Waals surface area contributed by atoms with Crippen molar-refractivity contribution < 1.29 is 23.1 Å². The summed E-state index contributed by atoms with van der Waals surface area (Å²) in [5, 5.41) is 18.3.